The van der Waals surface area contributed by atoms with Gasteiger partial charge in [0.1, 0.15) is 0 Å². The number of rotatable bonds is 8. The van der Waals surface area contributed by atoms with Crippen molar-refractivity contribution in [2.75, 3.05) is 13.7 Å². The van der Waals surface area contributed by atoms with Crippen molar-refractivity contribution in [1.29, 1.82) is 5.41 Å². The molecule has 0 radical (unpaired) electrons. The van der Waals surface area contributed by atoms with E-state index in [0.29, 0.717) is 17.7 Å². The predicted octanol–water partition coefficient (Wildman–Crippen LogP) is 4.67. The maximum Gasteiger partial charge on any atom is 0.261 e. The molecule has 4 rings (SSSR count). The number of amides is 2. The summed E-state index contributed by atoms with van der Waals surface area (Å²) in [6.45, 7) is 0.435. The summed E-state index contributed by atoms with van der Waals surface area (Å²) < 4.78 is 4.95. The number of hydrogen-bond acceptors (Lipinski definition) is 4. The largest absolute Gasteiger partial charge is 0.481 e. The molecular weight excluding hydrogens is 400 g/mol. The van der Waals surface area contributed by atoms with Gasteiger partial charge in [0, 0.05) is 12.1 Å². The van der Waals surface area contributed by atoms with Crippen LogP contribution >= 0.6 is 0 Å². The van der Waals surface area contributed by atoms with Crippen LogP contribution in [0.3, 0.4) is 0 Å². The zero-order valence-electron chi connectivity index (χ0n) is 18.1. The smallest absolute Gasteiger partial charge is 0.261 e. The lowest BCUT2D eigenvalue weighted by molar-refractivity contribution is 0.0652. The molecule has 0 saturated carbocycles. The fraction of sp³-hybridized carbons (Fsp3) is 0.222. The minimum atomic E-state index is -0.187. The van der Waals surface area contributed by atoms with Gasteiger partial charge in [0.25, 0.3) is 11.8 Å². The molecule has 0 aliphatic carbocycles. The van der Waals surface area contributed by atoms with E-state index in [9.17, 15) is 9.59 Å². The zero-order chi connectivity index (χ0) is 22.5. The molecule has 0 spiro atoms. The summed E-state index contributed by atoms with van der Waals surface area (Å²) in [6, 6.07) is 23.5. The van der Waals surface area contributed by atoms with E-state index in [2.05, 4.69) is 24.3 Å². The first-order chi connectivity index (χ1) is 15.6. The second-order valence-corrected chi connectivity index (χ2v) is 7.96. The van der Waals surface area contributed by atoms with E-state index >= 15 is 0 Å². The van der Waals surface area contributed by atoms with E-state index in [0.717, 1.165) is 31.2 Å². The molecule has 2 amide bonds. The first kappa shape index (κ1) is 21.5. The SMILES string of the molecule is COC(=N)c1ccc(CCc2ccc(CCCN3C(=O)c4ccccc4C3=O)cc2)cc1. The van der Waals surface area contributed by atoms with Crippen LogP contribution in [0.5, 0.6) is 0 Å². The summed E-state index contributed by atoms with van der Waals surface area (Å²) in [5, 5.41) is 7.69. The Labute approximate surface area is 188 Å². The maximum absolute atomic E-state index is 12.4. The van der Waals surface area contributed by atoms with Crippen LogP contribution in [0.25, 0.3) is 0 Å². The molecule has 0 atom stereocenters. The van der Waals surface area contributed by atoms with Gasteiger partial charge in [-0.1, -0.05) is 48.5 Å². The van der Waals surface area contributed by atoms with E-state index in [4.69, 9.17) is 10.1 Å². The molecule has 5 heteroatoms. The van der Waals surface area contributed by atoms with Crippen molar-refractivity contribution in [3.63, 3.8) is 0 Å². The summed E-state index contributed by atoms with van der Waals surface area (Å²) in [6.07, 6.45) is 3.43. The van der Waals surface area contributed by atoms with Gasteiger partial charge in [-0.25, -0.2) is 0 Å². The Balaban J connectivity index is 1.25. The standard InChI is InChI=1S/C27H26N2O3/c1-32-25(28)22-16-14-21(15-17-22)13-12-20-10-8-19(9-11-20)5-4-18-29-26(30)23-6-2-3-7-24(23)27(29)31/h2-3,6-11,14-17,28H,4-5,12-13,18H2,1H3. The zero-order valence-corrected chi connectivity index (χ0v) is 18.1. The molecule has 32 heavy (non-hydrogen) atoms. The number of imide groups is 1. The molecule has 0 bridgehead atoms. The third kappa shape index (κ3) is 4.62. The van der Waals surface area contributed by atoms with Crippen LogP contribution in [0.15, 0.2) is 72.8 Å². The normalized spacial score (nSPS) is 12.7. The number of fused-ring (bicyclic) bond motifs is 1. The molecular formula is C27H26N2O3. The van der Waals surface area contributed by atoms with E-state index < -0.39 is 0 Å². The van der Waals surface area contributed by atoms with E-state index in [1.807, 2.05) is 24.3 Å². The molecule has 3 aromatic carbocycles. The number of ether oxygens (including phenoxy) is 1. The van der Waals surface area contributed by atoms with Crippen molar-refractivity contribution in [3.05, 3.63) is 106 Å². The first-order valence-electron chi connectivity index (χ1n) is 10.8. The van der Waals surface area contributed by atoms with Crippen LogP contribution in [0.1, 0.15) is 49.4 Å². The van der Waals surface area contributed by atoms with Gasteiger partial charge in [-0.3, -0.25) is 19.9 Å². The first-order valence-corrected chi connectivity index (χ1v) is 10.8. The van der Waals surface area contributed by atoms with Crippen LogP contribution in [-0.4, -0.2) is 36.3 Å². The number of benzene rings is 3. The predicted molar refractivity (Wildman–Crippen MR) is 124 cm³/mol. The third-order valence-electron chi connectivity index (χ3n) is 5.87. The Morgan fingerprint density at radius 1 is 0.750 bits per heavy atom. The van der Waals surface area contributed by atoms with Crippen molar-refractivity contribution in [2.45, 2.75) is 25.7 Å². The summed E-state index contributed by atoms with van der Waals surface area (Å²) in [7, 11) is 1.50. The minimum absolute atomic E-state index is 0.176. The molecule has 162 valence electrons. The van der Waals surface area contributed by atoms with Crippen LogP contribution in [0.4, 0.5) is 0 Å². The molecule has 0 saturated heterocycles. The quantitative estimate of drug-likeness (QED) is 0.323. The van der Waals surface area contributed by atoms with Crippen molar-refractivity contribution < 1.29 is 14.3 Å². The highest BCUT2D eigenvalue weighted by atomic mass is 16.5. The number of methoxy groups -OCH3 is 1. The van der Waals surface area contributed by atoms with Gasteiger partial charge in [-0.15, -0.1) is 0 Å². The van der Waals surface area contributed by atoms with Crippen LogP contribution in [-0.2, 0) is 24.0 Å². The lowest BCUT2D eigenvalue weighted by Gasteiger charge is -2.13. The van der Waals surface area contributed by atoms with Crippen molar-refractivity contribution in [2.24, 2.45) is 0 Å². The summed E-state index contributed by atoms with van der Waals surface area (Å²) in [5.74, 6) is -0.198. The van der Waals surface area contributed by atoms with Gasteiger partial charge in [-0.2, -0.15) is 0 Å². The van der Waals surface area contributed by atoms with E-state index in [1.54, 1.807) is 24.3 Å². The molecule has 1 aliphatic rings. The van der Waals surface area contributed by atoms with Crippen molar-refractivity contribution in [1.82, 2.24) is 4.90 Å². The minimum Gasteiger partial charge on any atom is -0.481 e. The molecule has 0 fully saturated rings. The summed E-state index contributed by atoms with van der Waals surface area (Å²) >= 11 is 0. The summed E-state index contributed by atoms with van der Waals surface area (Å²) in [5.41, 5.74) is 5.49. The molecule has 1 aliphatic heterocycles. The highest BCUT2D eigenvalue weighted by Crippen LogP contribution is 2.23. The lowest BCUT2D eigenvalue weighted by atomic mass is 10.0. The van der Waals surface area contributed by atoms with Crippen LogP contribution < -0.4 is 0 Å². The Morgan fingerprint density at radius 3 is 1.72 bits per heavy atom. The number of carbonyl (C=O) groups excluding carboxylic acids is 2. The number of nitrogens with one attached hydrogen (secondary N) is 1. The van der Waals surface area contributed by atoms with Crippen molar-refractivity contribution >= 4 is 17.7 Å². The van der Waals surface area contributed by atoms with Crippen molar-refractivity contribution in [3.8, 4) is 0 Å². The van der Waals surface area contributed by atoms with E-state index in [1.165, 1.54) is 28.7 Å². The Kier molecular flexibility index (Phi) is 6.45. The highest BCUT2D eigenvalue weighted by Gasteiger charge is 2.34. The lowest BCUT2D eigenvalue weighted by Crippen LogP contribution is -2.30. The van der Waals surface area contributed by atoms with Gasteiger partial charge in [-0.05, 0) is 66.6 Å². The van der Waals surface area contributed by atoms with Gasteiger partial charge in [0.05, 0.1) is 18.2 Å². The third-order valence-corrected chi connectivity index (χ3v) is 5.87. The Morgan fingerprint density at radius 2 is 1.22 bits per heavy atom. The van der Waals surface area contributed by atoms with Gasteiger partial charge < -0.3 is 4.74 Å². The average Bonchev–Trinajstić information content (AvgIpc) is 3.08. The molecule has 5 nitrogen and oxygen atoms in total. The molecule has 0 aromatic heterocycles. The number of carbonyl (C=O) groups is 2. The van der Waals surface area contributed by atoms with Gasteiger partial charge >= 0.3 is 0 Å². The van der Waals surface area contributed by atoms with E-state index in [-0.39, 0.29) is 17.7 Å². The average molecular weight is 427 g/mol. The van der Waals surface area contributed by atoms with Gasteiger partial charge in [0.15, 0.2) is 0 Å². The topological polar surface area (TPSA) is 70.5 Å². The maximum atomic E-state index is 12.4. The second kappa shape index (κ2) is 9.60. The number of hydrogen-bond donors (Lipinski definition) is 1. The fourth-order valence-electron chi connectivity index (χ4n) is 3.99. The molecule has 3 aromatic rings. The molecule has 1 N–H and O–H groups in total. The highest BCUT2D eigenvalue weighted by molar-refractivity contribution is 6.21. The Bertz CT molecular complexity index is 1100. The fourth-order valence-corrected chi connectivity index (χ4v) is 3.99. The molecule has 0 unspecified atom stereocenters. The van der Waals surface area contributed by atoms with Gasteiger partial charge in [0.2, 0.25) is 5.90 Å². The monoisotopic (exact) mass is 426 g/mol. The molecule has 1 heterocycles. The van der Waals surface area contributed by atoms with Crippen LogP contribution in [0.2, 0.25) is 0 Å². The Hall–Kier alpha value is -3.73. The summed E-state index contributed by atoms with van der Waals surface area (Å²) in [4.78, 5) is 26.2. The van der Waals surface area contributed by atoms with Crippen LogP contribution in [0, 0.1) is 5.41 Å². The second-order valence-electron chi connectivity index (χ2n) is 7.96. The number of aryl methyl sites for hydroxylation is 3. The number of nitrogens with zero attached hydrogens (tertiary/aromatic N) is 1.